The van der Waals surface area contributed by atoms with E-state index in [9.17, 15) is 4.39 Å². The highest BCUT2D eigenvalue weighted by Gasteiger charge is 2.09. The lowest BCUT2D eigenvalue weighted by atomic mass is 10.3. The van der Waals surface area contributed by atoms with Gasteiger partial charge in [0.2, 0.25) is 5.95 Å². The Hall–Kier alpha value is -0.380. The Kier molecular flexibility index (Phi) is 2.65. The van der Waals surface area contributed by atoms with Gasteiger partial charge in [0.1, 0.15) is 5.02 Å². The number of aromatic nitrogens is 1. The number of hydrogen-bond donors (Lipinski definition) is 1. The van der Waals surface area contributed by atoms with Gasteiger partial charge < -0.3 is 5.11 Å². The molecule has 2 nitrogen and oxygen atoms in total. The Bertz CT molecular complexity index is 280. The minimum Gasteiger partial charge on any atom is -0.392 e. The number of aliphatic hydroxyl groups is 1. The molecule has 0 unspecified atom stereocenters. The largest absolute Gasteiger partial charge is 0.392 e. The maximum atomic E-state index is 12.5. The highest BCUT2D eigenvalue weighted by molar-refractivity contribution is 6.35. The lowest BCUT2D eigenvalue weighted by molar-refractivity contribution is 0.281. The monoisotopic (exact) mass is 195 g/mol. The van der Waals surface area contributed by atoms with Crippen LogP contribution in [0.4, 0.5) is 4.39 Å². The Labute approximate surface area is 72.6 Å². The first-order chi connectivity index (χ1) is 5.16. The van der Waals surface area contributed by atoms with Crippen LogP contribution in [0.25, 0.3) is 0 Å². The Morgan fingerprint density at radius 3 is 2.64 bits per heavy atom. The molecule has 0 amide bonds. The van der Waals surface area contributed by atoms with Crippen molar-refractivity contribution in [2.45, 2.75) is 6.61 Å². The van der Waals surface area contributed by atoms with E-state index in [2.05, 4.69) is 4.98 Å². The van der Waals surface area contributed by atoms with Crippen LogP contribution in [0.15, 0.2) is 6.20 Å². The maximum absolute atomic E-state index is 12.5. The van der Waals surface area contributed by atoms with E-state index in [0.717, 1.165) is 6.20 Å². The van der Waals surface area contributed by atoms with Gasteiger partial charge >= 0.3 is 0 Å². The molecule has 5 heteroatoms. The number of nitrogens with zero attached hydrogens (tertiary/aromatic N) is 1. The fourth-order valence-electron chi connectivity index (χ4n) is 0.622. The molecule has 1 rings (SSSR count). The minimum absolute atomic E-state index is 0.166. The van der Waals surface area contributed by atoms with Gasteiger partial charge in [0.25, 0.3) is 0 Å². The fourth-order valence-corrected chi connectivity index (χ4v) is 1.08. The summed E-state index contributed by atoms with van der Waals surface area (Å²) in [6.07, 6.45) is 1.11. The predicted octanol–water partition coefficient (Wildman–Crippen LogP) is 2.02. The Morgan fingerprint density at radius 1 is 1.55 bits per heavy atom. The highest BCUT2D eigenvalue weighted by atomic mass is 35.5. The molecular weight excluding hydrogens is 192 g/mol. The average Bonchev–Trinajstić information content (AvgIpc) is 1.99. The zero-order chi connectivity index (χ0) is 8.43. The van der Waals surface area contributed by atoms with E-state index in [1.54, 1.807) is 0 Å². The van der Waals surface area contributed by atoms with Crippen molar-refractivity contribution in [3.63, 3.8) is 0 Å². The maximum Gasteiger partial charge on any atom is 0.232 e. The van der Waals surface area contributed by atoms with Gasteiger partial charge in [-0.1, -0.05) is 23.2 Å². The summed E-state index contributed by atoms with van der Waals surface area (Å²) in [6, 6.07) is 0. The van der Waals surface area contributed by atoms with Crippen molar-refractivity contribution < 1.29 is 9.50 Å². The van der Waals surface area contributed by atoms with Crippen LogP contribution >= 0.6 is 23.2 Å². The topological polar surface area (TPSA) is 33.1 Å². The summed E-state index contributed by atoms with van der Waals surface area (Å²) in [4.78, 5) is 3.25. The number of pyridine rings is 1. The van der Waals surface area contributed by atoms with E-state index in [0.29, 0.717) is 0 Å². The van der Waals surface area contributed by atoms with Gasteiger partial charge in [-0.15, -0.1) is 0 Å². The molecule has 0 aliphatic carbocycles. The second-order valence-electron chi connectivity index (χ2n) is 1.85. The minimum atomic E-state index is -0.819. The molecule has 11 heavy (non-hydrogen) atoms. The fraction of sp³-hybridized carbons (Fsp3) is 0.167. The van der Waals surface area contributed by atoms with Gasteiger partial charge in [0, 0.05) is 11.8 Å². The Morgan fingerprint density at radius 2 is 2.18 bits per heavy atom. The lowest BCUT2D eigenvalue weighted by Crippen LogP contribution is -1.93. The number of rotatable bonds is 1. The van der Waals surface area contributed by atoms with Gasteiger partial charge in [0.05, 0.1) is 11.6 Å². The van der Waals surface area contributed by atoms with Crippen molar-refractivity contribution in [3.05, 3.63) is 27.8 Å². The SMILES string of the molecule is OCc1c(Cl)cnc(F)c1Cl. The summed E-state index contributed by atoms with van der Waals surface area (Å²) in [7, 11) is 0. The summed E-state index contributed by atoms with van der Waals surface area (Å²) in [6.45, 7) is -0.392. The molecule has 0 saturated carbocycles. The molecule has 1 aromatic heterocycles. The number of halogens is 3. The normalized spacial score (nSPS) is 10.2. The quantitative estimate of drug-likeness (QED) is 0.697. The van der Waals surface area contributed by atoms with Crippen LogP contribution in [0.2, 0.25) is 10.0 Å². The first-order valence-electron chi connectivity index (χ1n) is 2.76. The van der Waals surface area contributed by atoms with Gasteiger partial charge in [0.15, 0.2) is 0 Å². The van der Waals surface area contributed by atoms with Crippen LogP contribution in [0, 0.1) is 5.95 Å². The zero-order valence-corrected chi connectivity index (χ0v) is 6.82. The summed E-state index contributed by atoms with van der Waals surface area (Å²) in [5.41, 5.74) is 0.167. The van der Waals surface area contributed by atoms with E-state index >= 15 is 0 Å². The van der Waals surface area contributed by atoms with Crippen molar-refractivity contribution >= 4 is 23.2 Å². The number of hydrogen-bond acceptors (Lipinski definition) is 2. The number of aliphatic hydroxyl groups excluding tert-OH is 1. The van der Waals surface area contributed by atoms with Crippen LogP contribution in [0.5, 0.6) is 0 Å². The summed E-state index contributed by atoms with van der Waals surface area (Å²) in [5, 5.41) is 8.60. The molecule has 1 heterocycles. The van der Waals surface area contributed by atoms with E-state index < -0.39 is 12.6 Å². The first-order valence-corrected chi connectivity index (χ1v) is 3.51. The molecule has 0 atom stereocenters. The molecule has 0 fully saturated rings. The van der Waals surface area contributed by atoms with Crippen molar-refractivity contribution in [1.29, 1.82) is 0 Å². The van der Waals surface area contributed by atoms with Crippen LogP contribution in [0.1, 0.15) is 5.56 Å². The van der Waals surface area contributed by atoms with Crippen LogP contribution in [-0.2, 0) is 6.61 Å². The van der Waals surface area contributed by atoms with E-state index in [1.165, 1.54) is 0 Å². The van der Waals surface area contributed by atoms with Crippen LogP contribution in [-0.4, -0.2) is 10.1 Å². The van der Waals surface area contributed by atoms with E-state index in [1.807, 2.05) is 0 Å². The molecule has 0 radical (unpaired) electrons. The lowest BCUT2D eigenvalue weighted by Gasteiger charge is -2.01. The highest BCUT2D eigenvalue weighted by Crippen LogP contribution is 2.24. The van der Waals surface area contributed by atoms with E-state index in [-0.39, 0.29) is 15.6 Å². The summed E-state index contributed by atoms with van der Waals surface area (Å²) >= 11 is 10.9. The van der Waals surface area contributed by atoms with Crippen molar-refractivity contribution in [3.8, 4) is 0 Å². The Balaban J connectivity index is 3.29. The van der Waals surface area contributed by atoms with E-state index in [4.69, 9.17) is 28.3 Å². The third-order valence-electron chi connectivity index (χ3n) is 1.18. The molecule has 0 saturated heterocycles. The summed E-state index contributed by atoms with van der Waals surface area (Å²) < 4.78 is 12.5. The van der Waals surface area contributed by atoms with Gasteiger partial charge in [-0.25, -0.2) is 4.98 Å². The molecular formula is C6H4Cl2FNO. The van der Waals surface area contributed by atoms with Crippen molar-refractivity contribution in [2.75, 3.05) is 0 Å². The van der Waals surface area contributed by atoms with Gasteiger partial charge in [-0.3, -0.25) is 0 Å². The molecule has 60 valence electrons. The molecule has 1 N–H and O–H groups in total. The molecule has 0 aliphatic heterocycles. The molecule has 0 spiro atoms. The third kappa shape index (κ3) is 1.61. The average molecular weight is 196 g/mol. The first kappa shape index (κ1) is 8.71. The van der Waals surface area contributed by atoms with Gasteiger partial charge in [-0.05, 0) is 0 Å². The van der Waals surface area contributed by atoms with Crippen LogP contribution < -0.4 is 0 Å². The standard InChI is InChI=1S/C6H4Cl2FNO/c7-4-1-10-6(9)5(8)3(4)2-11/h1,11H,2H2. The second kappa shape index (κ2) is 3.34. The van der Waals surface area contributed by atoms with Crippen molar-refractivity contribution in [2.24, 2.45) is 0 Å². The zero-order valence-electron chi connectivity index (χ0n) is 5.31. The molecule has 0 aliphatic rings. The van der Waals surface area contributed by atoms with Crippen molar-refractivity contribution in [1.82, 2.24) is 4.98 Å². The molecule has 0 aromatic carbocycles. The molecule has 1 aromatic rings. The third-order valence-corrected chi connectivity index (χ3v) is 1.89. The smallest absolute Gasteiger partial charge is 0.232 e. The second-order valence-corrected chi connectivity index (χ2v) is 2.63. The predicted molar refractivity (Wildman–Crippen MR) is 40.1 cm³/mol. The van der Waals surface area contributed by atoms with Gasteiger partial charge in [-0.2, -0.15) is 4.39 Å². The summed E-state index contributed by atoms with van der Waals surface area (Å²) in [5.74, 6) is -0.819. The van der Waals surface area contributed by atoms with Crippen LogP contribution in [0.3, 0.4) is 0 Å². The molecule has 0 bridgehead atoms.